The second kappa shape index (κ2) is 8.48. The Morgan fingerprint density at radius 2 is 1.83 bits per heavy atom. The van der Waals surface area contributed by atoms with Crippen LogP contribution in [0.25, 0.3) is 0 Å². The zero-order chi connectivity index (χ0) is 13.4. The van der Waals surface area contributed by atoms with E-state index < -0.39 is 5.97 Å². The van der Waals surface area contributed by atoms with Gasteiger partial charge in [-0.25, -0.2) is 0 Å². The maximum atomic E-state index is 10.3. The number of aliphatic carboxylic acids is 1. The predicted molar refractivity (Wildman–Crippen MR) is 71.6 cm³/mol. The van der Waals surface area contributed by atoms with Crippen molar-refractivity contribution in [3.05, 3.63) is 0 Å². The monoisotopic (exact) mass is 257 g/mol. The number of hydrogen-bond donors (Lipinski definition) is 3. The summed E-state index contributed by atoms with van der Waals surface area (Å²) in [6.07, 6.45) is 8.65. The summed E-state index contributed by atoms with van der Waals surface area (Å²) >= 11 is 0. The van der Waals surface area contributed by atoms with Gasteiger partial charge in [0.1, 0.15) is 0 Å². The Kier molecular flexibility index (Phi) is 7.28. The number of carbonyl (C=O) groups is 1. The maximum absolute atomic E-state index is 10.3. The number of aliphatic hydroxyl groups is 1. The molecule has 18 heavy (non-hydrogen) atoms. The molecule has 0 aromatic heterocycles. The lowest BCUT2D eigenvalue weighted by Gasteiger charge is -2.32. The van der Waals surface area contributed by atoms with Crippen LogP contribution in [0.1, 0.15) is 64.7 Å². The van der Waals surface area contributed by atoms with Crippen molar-refractivity contribution in [1.82, 2.24) is 5.32 Å². The van der Waals surface area contributed by atoms with E-state index in [1.54, 1.807) is 0 Å². The first-order valence-corrected chi connectivity index (χ1v) is 7.25. The minimum atomic E-state index is -0.686. The second-order valence-electron chi connectivity index (χ2n) is 5.50. The first-order valence-electron chi connectivity index (χ1n) is 7.25. The van der Waals surface area contributed by atoms with Gasteiger partial charge in [0, 0.05) is 18.5 Å². The Bertz CT molecular complexity index is 245. The lowest BCUT2D eigenvalue weighted by molar-refractivity contribution is -0.137. The third-order valence-corrected chi connectivity index (χ3v) is 3.83. The van der Waals surface area contributed by atoms with Gasteiger partial charge in [0.05, 0.1) is 6.10 Å². The standard InChI is InChI=1S/C14H27NO3/c1-11-13(16)10-9-12(15-11)7-5-3-2-4-6-8-14(17)18/h11-13,15-16H,2-10H2,1H3,(H,17,18). The molecule has 0 radical (unpaired) electrons. The van der Waals surface area contributed by atoms with Gasteiger partial charge in [-0.1, -0.05) is 25.7 Å². The molecule has 3 atom stereocenters. The third-order valence-electron chi connectivity index (χ3n) is 3.83. The van der Waals surface area contributed by atoms with E-state index in [2.05, 4.69) is 5.32 Å². The van der Waals surface area contributed by atoms with E-state index in [0.717, 1.165) is 32.1 Å². The van der Waals surface area contributed by atoms with Crippen molar-refractivity contribution in [2.24, 2.45) is 0 Å². The highest BCUT2D eigenvalue weighted by molar-refractivity contribution is 5.66. The summed E-state index contributed by atoms with van der Waals surface area (Å²) in [4.78, 5) is 10.3. The van der Waals surface area contributed by atoms with E-state index in [1.165, 1.54) is 19.3 Å². The zero-order valence-corrected chi connectivity index (χ0v) is 11.4. The Morgan fingerprint density at radius 3 is 2.50 bits per heavy atom. The molecule has 0 aromatic carbocycles. The minimum Gasteiger partial charge on any atom is -0.481 e. The van der Waals surface area contributed by atoms with Crippen molar-refractivity contribution in [2.45, 2.75) is 82.9 Å². The van der Waals surface area contributed by atoms with E-state index in [-0.39, 0.29) is 12.1 Å². The SMILES string of the molecule is CC1NC(CCCCCCCC(=O)O)CCC1O. The highest BCUT2D eigenvalue weighted by atomic mass is 16.4. The van der Waals surface area contributed by atoms with Crippen molar-refractivity contribution in [3.8, 4) is 0 Å². The van der Waals surface area contributed by atoms with Crippen LogP contribution in [0.15, 0.2) is 0 Å². The number of carboxylic acid groups (broad SMARTS) is 1. The van der Waals surface area contributed by atoms with Crippen LogP contribution in [0.2, 0.25) is 0 Å². The average molecular weight is 257 g/mol. The van der Waals surface area contributed by atoms with Crippen LogP contribution in [0.5, 0.6) is 0 Å². The van der Waals surface area contributed by atoms with Crippen LogP contribution in [0, 0.1) is 0 Å². The second-order valence-corrected chi connectivity index (χ2v) is 5.50. The lowest BCUT2D eigenvalue weighted by Crippen LogP contribution is -2.48. The number of hydrogen-bond acceptors (Lipinski definition) is 3. The molecular formula is C14H27NO3. The van der Waals surface area contributed by atoms with Crippen molar-refractivity contribution in [1.29, 1.82) is 0 Å². The smallest absolute Gasteiger partial charge is 0.303 e. The minimum absolute atomic E-state index is 0.183. The molecule has 1 fully saturated rings. The Hall–Kier alpha value is -0.610. The molecule has 3 N–H and O–H groups in total. The quantitative estimate of drug-likeness (QED) is 0.584. The van der Waals surface area contributed by atoms with Gasteiger partial charge in [-0.15, -0.1) is 0 Å². The van der Waals surface area contributed by atoms with Crippen molar-refractivity contribution >= 4 is 5.97 Å². The number of unbranched alkanes of at least 4 members (excludes halogenated alkanes) is 4. The van der Waals surface area contributed by atoms with Crippen molar-refractivity contribution in [2.75, 3.05) is 0 Å². The molecule has 0 aliphatic carbocycles. The fourth-order valence-electron chi connectivity index (χ4n) is 2.61. The van der Waals surface area contributed by atoms with Crippen LogP contribution >= 0.6 is 0 Å². The van der Waals surface area contributed by atoms with E-state index in [0.29, 0.717) is 12.5 Å². The topological polar surface area (TPSA) is 69.6 Å². The lowest BCUT2D eigenvalue weighted by atomic mass is 9.93. The first-order chi connectivity index (χ1) is 8.59. The molecule has 0 spiro atoms. The molecule has 4 heteroatoms. The van der Waals surface area contributed by atoms with Gasteiger partial charge in [0.15, 0.2) is 0 Å². The van der Waals surface area contributed by atoms with Gasteiger partial charge >= 0.3 is 5.97 Å². The zero-order valence-electron chi connectivity index (χ0n) is 11.4. The summed E-state index contributed by atoms with van der Waals surface area (Å²) in [5.41, 5.74) is 0. The highest BCUT2D eigenvalue weighted by Gasteiger charge is 2.24. The highest BCUT2D eigenvalue weighted by Crippen LogP contribution is 2.18. The number of piperidine rings is 1. The molecule has 1 saturated heterocycles. The van der Waals surface area contributed by atoms with Crippen LogP contribution < -0.4 is 5.32 Å². The molecular weight excluding hydrogens is 230 g/mol. The Labute approximate surface area is 110 Å². The molecule has 0 saturated carbocycles. The third kappa shape index (κ3) is 6.36. The summed E-state index contributed by atoms with van der Waals surface area (Å²) in [6, 6.07) is 0.779. The first kappa shape index (κ1) is 15.4. The molecule has 1 heterocycles. The summed E-state index contributed by atoms with van der Waals surface area (Å²) in [6.45, 7) is 2.04. The fraction of sp³-hybridized carbons (Fsp3) is 0.929. The number of aliphatic hydroxyl groups excluding tert-OH is 1. The van der Waals surface area contributed by atoms with E-state index in [4.69, 9.17) is 5.11 Å². The number of carboxylic acids is 1. The van der Waals surface area contributed by atoms with Gasteiger partial charge < -0.3 is 15.5 Å². The van der Waals surface area contributed by atoms with E-state index in [9.17, 15) is 9.90 Å². The number of nitrogens with one attached hydrogen (secondary N) is 1. The summed E-state index contributed by atoms with van der Waals surface area (Å²) in [7, 11) is 0. The summed E-state index contributed by atoms with van der Waals surface area (Å²) < 4.78 is 0. The molecule has 1 aliphatic rings. The fourth-order valence-corrected chi connectivity index (χ4v) is 2.61. The predicted octanol–water partition coefficient (Wildman–Crippen LogP) is 2.30. The largest absolute Gasteiger partial charge is 0.481 e. The van der Waals surface area contributed by atoms with Crippen molar-refractivity contribution < 1.29 is 15.0 Å². The molecule has 1 rings (SSSR count). The molecule has 0 amide bonds. The van der Waals surface area contributed by atoms with E-state index >= 15 is 0 Å². The van der Waals surface area contributed by atoms with Gasteiger partial charge in [0.2, 0.25) is 0 Å². The van der Waals surface area contributed by atoms with Crippen molar-refractivity contribution in [3.63, 3.8) is 0 Å². The average Bonchev–Trinajstić information content (AvgIpc) is 2.32. The van der Waals surface area contributed by atoms with Crippen LogP contribution in [0.4, 0.5) is 0 Å². The van der Waals surface area contributed by atoms with Gasteiger partial charge in [-0.2, -0.15) is 0 Å². The van der Waals surface area contributed by atoms with Gasteiger partial charge in [-0.05, 0) is 32.6 Å². The molecule has 106 valence electrons. The van der Waals surface area contributed by atoms with Crippen LogP contribution in [-0.4, -0.2) is 34.4 Å². The molecule has 1 aliphatic heterocycles. The molecule has 0 aromatic rings. The van der Waals surface area contributed by atoms with Gasteiger partial charge in [0.25, 0.3) is 0 Å². The normalized spacial score (nSPS) is 28.2. The van der Waals surface area contributed by atoms with Gasteiger partial charge in [-0.3, -0.25) is 4.79 Å². The molecule has 0 bridgehead atoms. The Balaban J connectivity index is 1.93. The number of rotatable bonds is 8. The van der Waals surface area contributed by atoms with Crippen LogP contribution in [0.3, 0.4) is 0 Å². The molecule has 3 unspecified atom stereocenters. The maximum Gasteiger partial charge on any atom is 0.303 e. The van der Waals surface area contributed by atoms with E-state index in [1.807, 2.05) is 6.92 Å². The molecule has 4 nitrogen and oxygen atoms in total. The summed E-state index contributed by atoms with van der Waals surface area (Å²) in [5, 5.41) is 21.6. The Morgan fingerprint density at radius 1 is 1.17 bits per heavy atom. The summed E-state index contributed by atoms with van der Waals surface area (Å²) in [5.74, 6) is -0.686. The van der Waals surface area contributed by atoms with Crippen LogP contribution in [-0.2, 0) is 4.79 Å².